The van der Waals surface area contributed by atoms with Crippen molar-refractivity contribution in [3.05, 3.63) is 0 Å². The van der Waals surface area contributed by atoms with Crippen LogP contribution in [0.5, 0.6) is 0 Å². The van der Waals surface area contributed by atoms with Crippen LogP contribution in [0, 0.1) is 11.8 Å². The molecule has 136 valence electrons. The number of piperidine rings is 1. The third-order valence-corrected chi connectivity index (χ3v) is 6.08. The summed E-state index contributed by atoms with van der Waals surface area (Å²) in [7, 11) is 0. The number of ether oxygens (including phenoxy) is 1. The van der Waals surface area contributed by atoms with Gasteiger partial charge >= 0.3 is 12.1 Å². The van der Waals surface area contributed by atoms with E-state index < -0.39 is 34.5 Å². The van der Waals surface area contributed by atoms with Crippen molar-refractivity contribution < 1.29 is 27.5 Å². The lowest BCUT2D eigenvalue weighted by Crippen LogP contribution is -2.57. The fraction of sp³-hybridized carbons (Fsp3) is 0.857. The van der Waals surface area contributed by atoms with E-state index >= 15 is 0 Å². The van der Waals surface area contributed by atoms with Crippen LogP contribution in [-0.4, -0.2) is 58.6 Å². The number of alkyl halides is 5. The second-order valence-corrected chi connectivity index (χ2v) is 8.09. The van der Waals surface area contributed by atoms with Gasteiger partial charge in [-0.05, 0) is 19.8 Å². The smallest absolute Gasteiger partial charge is 0.373 e. The zero-order valence-electron chi connectivity index (χ0n) is 12.8. The molecule has 0 radical (unpaired) electrons. The molecular weight excluding hydrogens is 372 g/mol. The van der Waals surface area contributed by atoms with E-state index in [0.29, 0.717) is 12.8 Å². The molecule has 24 heavy (non-hydrogen) atoms. The number of nitrogens with one attached hydrogen (secondary N) is 1. The Kier molecular flexibility index (Phi) is 4.45. The van der Waals surface area contributed by atoms with E-state index in [9.17, 15) is 22.8 Å². The first-order chi connectivity index (χ1) is 11.0. The average Bonchev–Trinajstić information content (AvgIpc) is 2.92. The molecule has 2 amide bonds. The second-order valence-electron chi connectivity index (χ2n) is 6.64. The first kappa shape index (κ1) is 18.1. The summed E-state index contributed by atoms with van der Waals surface area (Å²) in [5, 5.41) is 1.80. The van der Waals surface area contributed by atoms with Crippen LogP contribution in [0.3, 0.4) is 0 Å². The van der Waals surface area contributed by atoms with Crippen LogP contribution in [0.2, 0.25) is 0 Å². The highest BCUT2D eigenvalue weighted by molar-refractivity contribution is 6.51. The maximum absolute atomic E-state index is 12.7. The Morgan fingerprint density at radius 2 is 1.83 bits per heavy atom. The Hall–Kier alpha value is -0.730. The molecule has 3 rings (SSSR count). The Labute approximate surface area is 146 Å². The molecule has 0 spiro atoms. The van der Waals surface area contributed by atoms with E-state index in [1.165, 1.54) is 4.90 Å². The first-order valence-electron chi connectivity index (χ1n) is 7.71. The van der Waals surface area contributed by atoms with Gasteiger partial charge in [0.25, 0.3) is 0 Å². The number of hydrogen-bond acceptors (Lipinski definition) is 3. The van der Waals surface area contributed by atoms with Gasteiger partial charge in [0.05, 0.1) is 12.2 Å². The third kappa shape index (κ3) is 3.20. The van der Waals surface area contributed by atoms with E-state index in [1.54, 1.807) is 12.2 Å². The van der Waals surface area contributed by atoms with Gasteiger partial charge in [0, 0.05) is 24.9 Å². The predicted molar refractivity (Wildman–Crippen MR) is 79.6 cm³/mol. The van der Waals surface area contributed by atoms with Crippen LogP contribution in [0.15, 0.2) is 0 Å². The van der Waals surface area contributed by atoms with Crippen molar-refractivity contribution in [3.63, 3.8) is 0 Å². The Bertz CT molecular complexity index is 544. The number of rotatable bonds is 3. The van der Waals surface area contributed by atoms with Crippen LogP contribution in [0.25, 0.3) is 0 Å². The van der Waals surface area contributed by atoms with Gasteiger partial charge in [0.15, 0.2) is 0 Å². The normalized spacial score (nSPS) is 35.5. The number of nitrogens with zero attached hydrogens (tertiary/aromatic N) is 1. The Morgan fingerprint density at radius 3 is 2.29 bits per heavy atom. The van der Waals surface area contributed by atoms with E-state index in [-0.39, 0.29) is 31.0 Å². The average molecular weight is 389 g/mol. The zero-order chi connectivity index (χ0) is 17.9. The van der Waals surface area contributed by atoms with Crippen LogP contribution < -0.4 is 5.32 Å². The van der Waals surface area contributed by atoms with Gasteiger partial charge in [-0.1, -0.05) is 0 Å². The minimum Gasteiger partial charge on any atom is -0.373 e. The lowest BCUT2D eigenvalue weighted by molar-refractivity contribution is -0.176. The molecule has 0 aromatic rings. The molecule has 2 heterocycles. The lowest BCUT2D eigenvalue weighted by atomic mass is 10.1. The summed E-state index contributed by atoms with van der Waals surface area (Å²) in [6.07, 6.45) is -4.97. The number of carbonyl (C=O) groups excluding carboxylic acids is 2. The van der Waals surface area contributed by atoms with Gasteiger partial charge in [-0.25, -0.2) is 0 Å². The Morgan fingerprint density at radius 1 is 1.25 bits per heavy atom. The molecule has 2 aliphatic heterocycles. The summed E-state index contributed by atoms with van der Waals surface area (Å²) < 4.78 is 42.4. The summed E-state index contributed by atoms with van der Waals surface area (Å²) in [6, 6.07) is -1.36. The molecule has 1 N–H and O–H groups in total. The fourth-order valence-electron chi connectivity index (χ4n) is 3.50. The third-order valence-electron chi connectivity index (χ3n) is 4.96. The first-order valence-corrected chi connectivity index (χ1v) is 8.47. The highest BCUT2D eigenvalue weighted by atomic mass is 35.5. The van der Waals surface area contributed by atoms with Crippen molar-refractivity contribution in [1.29, 1.82) is 0 Å². The fourth-order valence-corrected chi connectivity index (χ4v) is 4.26. The maximum atomic E-state index is 12.7. The van der Waals surface area contributed by atoms with Crippen molar-refractivity contribution in [2.75, 3.05) is 13.1 Å². The predicted octanol–water partition coefficient (Wildman–Crippen LogP) is 1.86. The van der Waals surface area contributed by atoms with Gasteiger partial charge < -0.3 is 15.0 Å². The van der Waals surface area contributed by atoms with Crippen LogP contribution in [0.4, 0.5) is 13.2 Å². The van der Waals surface area contributed by atoms with Gasteiger partial charge in [-0.15, -0.1) is 23.2 Å². The van der Waals surface area contributed by atoms with Crippen molar-refractivity contribution in [2.24, 2.45) is 11.8 Å². The van der Waals surface area contributed by atoms with Gasteiger partial charge in [0.1, 0.15) is 10.4 Å². The summed E-state index contributed by atoms with van der Waals surface area (Å²) in [5.74, 6) is -2.88. The van der Waals surface area contributed by atoms with Crippen molar-refractivity contribution in [3.8, 4) is 0 Å². The van der Waals surface area contributed by atoms with Crippen LogP contribution >= 0.6 is 23.2 Å². The van der Waals surface area contributed by atoms with Crippen molar-refractivity contribution >= 4 is 35.0 Å². The van der Waals surface area contributed by atoms with E-state index in [2.05, 4.69) is 0 Å². The highest BCUT2D eigenvalue weighted by Crippen LogP contribution is 2.62. The molecule has 2 saturated heterocycles. The molecule has 0 aromatic carbocycles. The summed E-state index contributed by atoms with van der Waals surface area (Å²) in [5.41, 5.74) is 0. The number of hydrogen-bond donors (Lipinski definition) is 1. The van der Waals surface area contributed by atoms with Gasteiger partial charge in [-0.2, -0.15) is 13.2 Å². The van der Waals surface area contributed by atoms with E-state index in [0.717, 1.165) is 0 Å². The molecule has 1 aliphatic carbocycles. The van der Waals surface area contributed by atoms with E-state index in [1.807, 2.05) is 0 Å². The highest BCUT2D eigenvalue weighted by Gasteiger charge is 2.68. The molecule has 5 nitrogen and oxygen atoms in total. The number of fused-ring (bicyclic) bond motifs is 1. The largest absolute Gasteiger partial charge is 0.471 e. The zero-order valence-corrected chi connectivity index (χ0v) is 14.3. The molecule has 3 fully saturated rings. The minimum atomic E-state index is -5.06. The Balaban J connectivity index is 1.70. The van der Waals surface area contributed by atoms with Crippen LogP contribution in [-0.2, 0) is 14.3 Å². The molecule has 10 heteroatoms. The van der Waals surface area contributed by atoms with Crippen molar-refractivity contribution in [2.45, 2.75) is 48.5 Å². The van der Waals surface area contributed by atoms with Gasteiger partial charge in [-0.3, -0.25) is 9.59 Å². The summed E-state index contributed by atoms with van der Waals surface area (Å²) in [6.45, 7) is 2.32. The number of likely N-dealkylation sites (tertiary alicyclic amines) is 1. The summed E-state index contributed by atoms with van der Waals surface area (Å²) in [4.78, 5) is 25.4. The van der Waals surface area contributed by atoms with Gasteiger partial charge in [0.2, 0.25) is 5.91 Å². The molecule has 3 aliphatic rings. The second kappa shape index (κ2) is 5.92. The summed E-state index contributed by atoms with van der Waals surface area (Å²) >= 11 is 12.1. The number of amides is 2. The van der Waals surface area contributed by atoms with Crippen molar-refractivity contribution in [1.82, 2.24) is 10.2 Å². The molecule has 0 bridgehead atoms. The standard InChI is InChI=1S/C14H17Cl2F3N2O3/c1-6-2-3-9(24-6)10(20-12(23)14(17,18)19)11(22)21-4-7-8(5-21)13(7,15)16/h6-10H,2-5H2,1H3,(H,20,23)/t6?,7-,8+,9?,10-/m0/s1. The molecule has 1 saturated carbocycles. The molecule has 5 atom stereocenters. The topological polar surface area (TPSA) is 58.6 Å². The molecule has 2 unspecified atom stereocenters. The maximum Gasteiger partial charge on any atom is 0.471 e. The van der Waals surface area contributed by atoms with Crippen LogP contribution in [0.1, 0.15) is 19.8 Å². The molecule has 0 aromatic heterocycles. The number of carbonyl (C=O) groups is 2. The molecular formula is C14H17Cl2F3N2O3. The monoisotopic (exact) mass is 388 g/mol. The minimum absolute atomic E-state index is 0.0767. The quantitative estimate of drug-likeness (QED) is 0.750. The SMILES string of the molecule is CC1CCC([C@H](NC(=O)C(F)(F)F)C(=O)N2C[C@@H]3[C@H](C2)C3(Cl)Cl)O1. The number of halogens is 5. The van der Waals surface area contributed by atoms with E-state index in [4.69, 9.17) is 27.9 Å². The lowest BCUT2D eigenvalue weighted by Gasteiger charge is -2.30.